The summed E-state index contributed by atoms with van der Waals surface area (Å²) in [6, 6.07) is 0. The van der Waals surface area contributed by atoms with Crippen LogP contribution in [0.3, 0.4) is 0 Å². The Morgan fingerprint density at radius 3 is 2.36 bits per heavy atom. The fraction of sp³-hybridized carbons (Fsp3) is 0.611. The van der Waals surface area contributed by atoms with Gasteiger partial charge in [-0.25, -0.2) is 4.99 Å². The van der Waals surface area contributed by atoms with Gasteiger partial charge in [0.05, 0.1) is 0 Å². The van der Waals surface area contributed by atoms with Crippen molar-refractivity contribution in [2.45, 2.75) is 60.4 Å². The fourth-order valence-electron chi connectivity index (χ4n) is 2.23. The zero-order chi connectivity index (χ0) is 17.1. The summed E-state index contributed by atoms with van der Waals surface area (Å²) in [7, 11) is 0. The second kappa shape index (κ2) is 7.03. The van der Waals surface area contributed by atoms with E-state index in [0.29, 0.717) is 11.5 Å². The lowest BCUT2D eigenvalue weighted by molar-refractivity contribution is -0.124. The first-order valence-corrected chi connectivity index (χ1v) is 7.97. The van der Waals surface area contributed by atoms with Crippen molar-refractivity contribution in [2.75, 3.05) is 0 Å². The quantitative estimate of drug-likeness (QED) is 0.587. The number of allylic oxidation sites excluding steroid dienone is 3. The number of amides is 1. The van der Waals surface area contributed by atoms with Gasteiger partial charge in [0.1, 0.15) is 11.2 Å². The maximum atomic E-state index is 12.3. The SMILES string of the molecule is C=N/C(C1=NC(C)(C(C)C)C(=O)N1)=C(\C=C(/C)CC)C(C)C. The maximum Gasteiger partial charge on any atom is 0.253 e. The Hall–Kier alpha value is -1.71. The van der Waals surface area contributed by atoms with E-state index in [4.69, 9.17) is 0 Å². The van der Waals surface area contributed by atoms with Crippen LogP contribution in [0.1, 0.15) is 54.9 Å². The zero-order valence-electron chi connectivity index (χ0n) is 14.9. The van der Waals surface area contributed by atoms with Gasteiger partial charge in [-0.1, -0.05) is 46.3 Å². The van der Waals surface area contributed by atoms with Gasteiger partial charge in [0.2, 0.25) is 0 Å². The lowest BCUT2D eigenvalue weighted by atomic mass is 9.89. The molecule has 0 bridgehead atoms. The largest absolute Gasteiger partial charge is 0.307 e. The van der Waals surface area contributed by atoms with Gasteiger partial charge < -0.3 is 5.32 Å². The van der Waals surface area contributed by atoms with Gasteiger partial charge in [-0.05, 0) is 44.4 Å². The van der Waals surface area contributed by atoms with Crippen molar-refractivity contribution in [1.29, 1.82) is 0 Å². The van der Waals surface area contributed by atoms with E-state index in [1.165, 1.54) is 5.57 Å². The number of nitrogens with zero attached hydrogens (tertiary/aromatic N) is 2. The summed E-state index contributed by atoms with van der Waals surface area (Å²) in [5, 5.41) is 2.89. The molecule has 1 unspecified atom stereocenters. The Morgan fingerprint density at radius 1 is 1.41 bits per heavy atom. The first-order chi connectivity index (χ1) is 10.2. The molecule has 0 aromatic heterocycles. The van der Waals surface area contributed by atoms with Gasteiger partial charge in [-0.3, -0.25) is 9.79 Å². The molecule has 4 nitrogen and oxygen atoms in total. The van der Waals surface area contributed by atoms with E-state index < -0.39 is 5.54 Å². The minimum absolute atomic E-state index is 0.0713. The minimum atomic E-state index is -0.739. The first kappa shape index (κ1) is 18.3. The van der Waals surface area contributed by atoms with Crippen LogP contribution in [0.15, 0.2) is 32.9 Å². The summed E-state index contributed by atoms with van der Waals surface area (Å²) in [5.74, 6) is 0.858. The van der Waals surface area contributed by atoms with Gasteiger partial charge >= 0.3 is 0 Å². The van der Waals surface area contributed by atoms with E-state index in [2.05, 4.69) is 55.8 Å². The Balaban J connectivity index is 3.44. The number of carbonyl (C=O) groups excluding carboxylic acids is 1. The van der Waals surface area contributed by atoms with Crippen molar-refractivity contribution in [2.24, 2.45) is 21.8 Å². The van der Waals surface area contributed by atoms with E-state index >= 15 is 0 Å². The highest BCUT2D eigenvalue weighted by molar-refractivity contribution is 6.15. The predicted molar refractivity (Wildman–Crippen MR) is 94.3 cm³/mol. The van der Waals surface area contributed by atoms with E-state index in [1.807, 2.05) is 20.8 Å². The molecule has 0 aliphatic carbocycles. The number of hydrogen-bond donors (Lipinski definition) is 1. The molecule has 1 N–H and O–H groups in total. The molecule has 1 aliphatic rings. The zero-order valence-corrected chi connectivity index (χ0v) is 14.9. The highest BCUT2D eigenvalue weighted by atomic mass is 16.2. The Morgan fingerprint density at radius 2 is 2.00 bits per heavy atom. The van der Waals surface area contributed by atoms with Crippen molar-refractivity contribution < 1.29 is 4.79 Å². The molecule has 0 spiro atoms. The Labute approximate surface area is 134 Å². The molecular weight excluding hydrogens is 274 g/mol. The van der Waals surface area contributed by atoms with Crippen LogP contribution < -0.4 is 5.32 Å². The fourth-order valence-corrected chi connectivity index (χ4v) is 2.23. The Bertz CT molecular complexity index is 553. The van der Waals surface area contributed by atoms with Crippen LogP contribution >= 0.6 is 0 Å². The molecule has 1 atom stereocenters. The lowest BCUT2D eigenvalue weighted by Gasteiger charge is -2.21. The average molecular weight is 303 g/mol. The summed E-state index contributed by atoms with van der Waals surface area (Å²) in [6.07, 6.45) is 3.11. The molecule has 1 rings (SSSR count). The Kier molecular flexibility index (Phi) is 5.86. The second-order valence-corrected chi connectivity index (χ2v) is 6.68. The van der Waals surface area contributed by atoms with Crippen LogP contribution in [-0.4, -0.2) is 24.0 Å². The van der Waals surface area contributed by atoms with Crippen molar-refractivity contribution in [1.82, 2.24) is 5.32 Å². The molecule has 0 aromatic rings. The van der Waals surface area contributed by atoms with Gasteiger partial charge in [0.15, 0.2) is 5.84 Å². The number of rotatable bonds is 6. The third-order valence-corrected chi connectivity index (χ3v) is 4.40. The molecular formula is C18H29N3O. The number of hydrogen-bond acceptors (Lipinski definition) is 3. The summed E-state index contributed by atoms with van der Waals surface area (Å²) in [5.41, 5.74) is 2.26. The maximum absolute atomic E-state index is 12.3. The topological polar surface area (TPSA) is 53.8 Å². The monoisotopic (exact) mass is 303 g/mol. The van der Waals surface area contributed by atoms with Crippen LogP contribution in [0.2, 0.25) is 0 Å². The summed E-state index contributed by atoms with van der Waals surface area (Å²) >= 11 is 0. The van der Waals surface area contributed by atoms with E-state index in [-0.39, 0.29) is 17.7 Å². The van der Waals surface area contributed by atoms with E-state index in [9.17, 15) is 4.79 Å². The molecule has 0 radical (unpaired) electrons. The van der Waals surface area contributed by atoms with E-state index in [1.54, 1.807) is 0 Å². The lowest BCUT2D eigenvalue weighted by Crippen LogP contribution is -2.41. The van der Waals surface area contributed by atoms with E-state index in [0.717, 1.165) is 12.0 Å². The molecule has 0 fully saturated rings. The molecule has 1 heterocycles. The number of amidine groups is 1. The van der Waals surface area contributed by atoms with Gasteiger partial charge in [-0.2, -0.15) is 0 Å². The van der Waals surface area contributed by atoms with Crippen molar-refractivity contribution in [3.63, 3.8) is 0 Å². The predicted octanol–water partition coefficient (Wildman–Crippen LogP) is 3.90. The van der Waals surface area contributed by atoms with Crippen LogP contribution in [0.4, 0.5) is 0 Å². The summed E-state index contributed by atoms with van der Waals surface area (Å²) in [4.78, 5) is 21.1. The van der Waals surface area contributed by atoms with Crippen LogP contribution in [0, 0.1) is 11.8 Å². The number of aliphatic imine (C=N–C) groups is 2. The molecule has 1 amide bonds. The molecule has 22 heavy (non-hydrogen) atoms. The molecule has 1 aliphatic heterocycles. The number of nitrogens with one attached hydrogen (secondary N) is 1. The van der Waals surface area contributed by atoms with Crippen LogP contribution in [0.5, 0.6) is 0 Å². The highest BCUT2D eigenvalue weighted by Crippen LogP contribution is 2.29. The standard InChI is InChI=1S/C18H29N3O/c1-9-13(6)10-14(11(2)3)15(19-8)16-20-17(22)18(7,21-16)12(4)5/h10-12H,8-9H2,1-7H3,(H,20,21,22)/b13-10+,15-14+. The van der Waals surface area contributed by atoms with Crippen molar-refractivity contribution in [3.05, 3.63) is 22.9 Å². The normalized spacial score (nSPS) is 23.6. The molecule has 122 valence electrons. The van der Waals surface area contributed by atoms with Gasteiger partial charge in [-0.15, -0.1) is 0 Å². The third kappa shape index (κ3) is 3.54. The average Bonchev–Trinajstić information content (AvgIpc) is 2.75. The minimum Gasteiger partial charge on any atom is -0.307 e. The van der Waals surface area contributed by atoms with Crippen LogP contribution in [0.25, 0.3) is 0 Å². The molecule has 4 heteroatoms. The third-order valence-electron chi connectivity index (χ3n) is 4.40. The molecule has 0 saturated heterocycles. The molecule has 0 aromatic carbocycles. The van der Waals surface area contributed by atoms with Gasteiger partial charge in [0, 0.05) is 0 Å². The smallest absolute Gasteiger partial charge is 0.253 e. The van der Waals surface area contributed by atoms with Crippen molar-refractivity contribution >= 4 is 18.5 Å². The highest BCUT2D eigenvalue weighted by Gasteiger charge is 2.42. The molecule has 0 saturated carbocycles. The number of carbonyl (C=O) groups is 1. The second-order valence-electron chi connectivity index (χ2n) is 6.68. The van der Waals surface area contributed by atoms with Crippen LogP contribution in [-0.2, 0) is 4.79 Å². The summed E-state index contributed by atoms with van der Waals surface area (Å²) < 4.78 is 0. The van der Waals surface area contributed by atoms with Crippen molar-refractivity contribution in [3.8, 4) is 0 Å². The first-order valence-electron chi connectivity index (χ1n) is 7.97. The summed E-state index contributed by atoms with van der Waals surface area (Å²) in [6.45, 7) is 18.0. The van der Waals surface area contributed by atoms with Gasteiger partial charge in [0.25, 0.3) is 5.91 Å².